The number of likely N-dealkylation sites (N-methyl/N-ethyl adjacent to an activating group) is 1. The first kappa shape index (κ1) is 30.8. The van der Waals surface area contributed by atoms with Gasteiger partial charge in [0.15, 0.2) is 0 Å². The van der Waals surface area contributed by atoms with E-state index in [1.54, 1.807) is 0 Å². The van der Waals surface area contributed by atoms with Gasteiger partial charge in [-0.3, -0.25) is 14.4 Å². The molecule has 1 atom stereocenters. The summed E-state index contributed by atoms with van der Waals surface area (Å²) in [5.41, 5.74) is 0.579. The van der Waals surface area contributed by atoms with E-state index in [2.05, 4.69) is 25.7 Å². The van der Waals surface area contributed by atoms with E-state index in [0.717, 1.165) is 37.8 Å². The molecule has 214 valence electrons. The van der Waals surface area contributed by atoms with E-state index in [1.165, 1.54) is 11.8 Å². The number of nitrogens with zero attached hydrogens (tertiary/aromatic N) is 3. The molecule has 2 N–H and O–H groups in total. The Morgan fingerprint density at radius 2 is 1.69 bits per heavy atom. The van der Waals surface area contributed by atoms with Gasteiger partial charge in [-0.1, -0.05) is 70.9 Å². The van der Waals surface area contributed by atoms with Crippen molar-refractivity contribution < 1.29 is 18.8 Å². The monoisotopic (exact) mass is 557 g/mol. The molecule has 1 aliphatic rings. The number of carbonyl (C=O) groups excluding carboxylic acids is 3. The molecule has 0 bridgehead atoms. The standard InChI is InChI=1S/C29H43N5O4S/c1-19(2)18-23(24(35)26-32-33-28(38-26)39-20(3)4)30-27(37)29(15-8-7-9-16-29)31-25(36)22-12-10-21(11-13-22)14-17-34(5)6/h10-13,19-20,23H,7-9,14-18H2,1-6H3,(H,30,37)(H,31,36). The molecule has 9 nitrogen and oxygen atoms in total. The first-order valence-corrected chi connectivity index (χ1v) is 14.8. The van der Waals surface area contributed by atoms with Crippen LogP contribution in [0.2, 0.25) is 0 Å². The van der Waals surface area contributed by atoms with E-state index in [4.69, 9.17) is 4.42 Å². The van der Waals surface area contributed by atoms with Crippen molar-refractivity contribution in [3.8, 4) is 0 Å². The van der Waals surface area contributed by atoms with E-state index < -0.39 is 17.4 Å². The normalized spacial score (nSPS) is 15.9. The van der Waals surface area contributed by atoms with Gasteiger partial charge in [-0.05, 0) is 63.4 Å². The minimum Gasteiger partial charge on any atom is -0.408 e. The van der Waals surface area contributed by atoms with Crippen molar-refractivity contribution in [3.05, 3.63) is 41.3 Å². The molecule has 0 aliphatic heterocycles. The fraction of sp³-hybridized carbons (Fsp3) is 0.621. The highest BCUT2D eigenvalue weighted by molar-refractivity contribution is 7.99. The number of Topliss-reactive ketones (excluding diaryl/α,β-unsaturated/α-hetero) is 1. The summed E-state index contributed by atoms with van der Waals surface area (Å²) >= 11 is 1.38. The van der Waals surface area contributed by atoms with Gasteiger partial charge in [0.2, 0.25) is 11.7 Å². The second kappa shape index (κ2) is 14.1. The number of thioether (sulfide) groups is 1. The maximum atomic E-state index is 13.8. The van der Waals surface area contributed by atoms with Gasteiger partial charge in [-0.2, -0.15) is 0 Å². The summed E-state index contributed by atoms with van der Waals surface area (Å²) in [6.45, 7) is 8.89. The lowest BCUT2D eigenvalue weighted by molar-refractivity contribution is -0.129. The Balaban J connectivity index is 1.76. The first-order valence-electron chi connectivity index (χ1n) is 13.9. The summed E-state index contributed by atoms with van der Waals surface area (Å²) in [6.07, 6.45) is 4.98. The Hall–Kier alpha value is -2.72. The average Bonchev–Trinajstić information content (AvgIpc) is 3.34. The Morgan fingerprint density at radius 1 is 1.03 bits per heavy atom. The molecule has 2 amide bonds. The number of aromatic nitrogens is 2. The molecule has 1 aromatic carbocycles. The van der Waals surface area contributed by atoms with Gasteiger partial charge >= 0.3 is 0 Å². The minimum atomic E-state index is -1.08. The van der Waals surface area contributed by atoms with Crippen molar-refractivity contribution in [2.24, 2.45) is 5.92 Å². The molecule has 1 aliphatic carbocycles. The zero-order chi connectivity index (χ0) is 28.6. The van der Waals surface area contributed by atoms with Gasteiger partial charge in [0.25, 0.3) is 17.0 Å². The highest BCUT2D eigenvalue weighted by atomic mass is 32.2. The van der Waals surface area contributed by atoms with Crippen molar-refractivity contribution >= 4 is 29.4 Å². The summed E-state index contributed by atoms with van der Waals surface area (Å²) in [5, 5.41) is 14.5. The summed E-state index contributed by atoms with van der Waals surface area (Å²) in [6, 6.07) is 6.70. The van der Waals surface area contributed by atoms with Gasteiger partial charge in [0.05, 0.1) is 6.04 Å². The number of nitrogens with one attached hydrogen (secondary N) is 2. The van der Waals surface area contributed by atoms with Gasteiger partial charge in [0, 0.05) is 17.4 Å². The van der Waals surface area contributed by atoms with Crippen LogP contribution in [0.25, 0.3) is 0 Å². The van der Waals surface area contributed by atoms with Crippen molar-refractivity contribution in [2.45, 2.75) is 94.7 Å². The van der Waals surface area contributed by atoms with Crippen LogP contribution in [0, 0.1) is 5.92 Å². The highest BCUT2D eigenvalue weighted by Gasteiger charge is 2.43. The van der Waals surface area contributed by atoms with Gasteiger partial charge in [-0.15, -0.1) is 10.2 Å². The van der Waals surface area contributed by atoms with Crippen LogP contribution in [0.4, 0.5) is 0 Å². The Bertz CT molecular complexity index is 1110. The van der Waals surface area contributed by atoms with E-state index in [1.807, 2.05) is 66.1 Å². The van der Waals surface area contributed by atoms with Crippen LogP contribution in [0.3, 0.4) is 0 Å². The largest absolute Gasteiger partial charge is 0.408 e. The third kappa shape index (κ3) is 8.89. The second-order valence-electron chi connectivity index (χ2n) is 11.4. The lowest BCUT2D eigenvalue weighted by Gasteiger charge is -2.37. The number of hydrogen-bond acceptors (Lipinski definition) is 8. The summed E-state index contributed by atoms with van der Waals surface area (Å²) in [5.74, 6) is -1.01. The van der Waals surface area contributed by atoms with Crippen LogP contribution in [0.15, 0.2) is 33.9 Å². The van der Waals surface area contributed by atoms with Gasteiger partial charge < -0.3 is 20.0 Å². The molecule has 1 fully saturated rings. The fourth-order valence-electron chi connectivity index (χ4n) is 4.74. The lowest BCUT2D eigenvalue weighted by atomic mass is 9.80. The molecular formula is C29H43N5O4S. The molecule has 0 saturated heterocycles. The zero-order valence-corrected chi connectivity index (χ0v) is 24.9. The molecular weight excluding hydrogens is 514 g/mol. The highest BCUT2D eigenvalue weighted by Crippen LogP contribution is 2.30. The van der Waals surface area contributed by atoms with Crippen molar-refractivity contribution in [1.29, 1.82) is 0 Å². The number of benzene rings is 1. The summed E-state index contributed by atoms with van der Waals surface area (Å²) in [4.78, 5) is 42.6. The van der Waals surface area contributed by atoms with Gasteiger partial charge in [-0.25, -0.2) is 0 Å². The predicted octanol–water partition coefficient (Wildman–Crippen LogP) is 4.52. The molecule has 1 unspecified atom stereocenters. The summed E-state index contributed by atoms with van der Waals surface area (Å²) in [7, 11) is 4.06. The van der Waals surface area contributed by atoms with Crippen LogP contribution in [0.1, 0.15) is 92.8 Å². The van der Waals surface area contributed by atoms with Crippen LogP contribution in [0.5, 0.6) is 0 Å². The molecule has 10 heteroatoms. The molecule has 1 heterocycles. The Morgan fingerprint density at radius 3 is 2.28 bits per heavy atom. The second-order valence-corrected chi connectivity index (χ2v) is 12.9. The van der Waals surface area contributed by atoms with E-state index in [0.29, 0.717) is 30.0 Å². The first-order chi connectivity index (χ1) is 18.5. The van der Waals surface area contributed by atoms with Crippen LogP contribution in [-0.4, -0.2) is 70.2 Å². The Kier molecular flexibility index (Phi) is 11.1. The molecule has 39 heavy (non-hydrogen) atoms. The van der Waals surface area contributed by atoms with Crippen LogP contribution in [-0.2, 0) is 11.2 Å². The molecule has 1 saturated carbocycles. The quantitative estimate of drug-likeness (QED) is 0.273. The van der Waals surface area contributed by atoms with Crippen molar-refractivity contribution in [3.63, 3.8) is 0 Å². The topological polar surface area (TPSA) is 117 Å². The maximum absolute atomic E-state index is 13.8. The van der Waals surface area contributed by atoms with Crippen LogP contribution >= 0.6 is 11.8 Å². The Labute approximate surface area is 236 Å². The number of amides is 2. The molecule has 0 radical (unpaired) electrons. The predicted molar refractivity (Wildman–Crippen MR) is 153 cm³/mol. The third-order valence-electron chi connectivity index (χ3n) is 6.84. The maximum Gasteiger partial charge on any atom is 0.286 e. The SMILES string of the molecule is CC(C)CC(NC(=O)C1(NC(=O)c2ccc(CCN(C)C)cc2)CCCCC1)C(=O)c1nnc(SC(C)C)o1. The number of ketones is 1. The molecule has 2 aromatic rings. The third-order valence-corrected chi connectivity index (χ3v) is 7.68. The van der Waals surface area contributed by atoms with E-state index in [-0.39, 0.29) is 28.9 Å². The fourth-order valence-corrected chi connectivity index (χ4v) is 5.35. The average molecular weight is 558 g/mol. The lowest BCUT2D eigenvalue weighted by Crippen LogP contribution is -2.62. The molecule has 3 rings (SSSR count). The smallest absolute Gasteiger partial charge is 0.286 e. The summed E-state index contributed by atoms with van der Waals surface area (Å²) < 4.78 is 5.60. The van der Waals surface area contributed by atoms with Crippen molar-refractivity contribution in [1.82, 2.24) is 25.7 Å². The number of rotatable bonds is 13. The molecule has 1 aromatic heterocycles. The van der Waals surface area contributed by atoms with E-state index in [9.17, 15) is 14.4 Å². The van der Waals surface area contributed by atoms with Gasteiger partial charge in [0.1, 0.15) is 5.54 Å². The van der Waals surface area contributed by atoms with E-state index >= 15 is 0 Å². The van der Waals surface area contributed by atoms with Crippen molar-refractivity contribution in [2.75, 3.05) is 20.6 Å². The minimum absolute atomic E-state index is 0.111. The zero-order valence-electron chi connectivity index (χ0n) is 24.1. The number of carbonyl (C=O) groups is 3. The van der Waals surface area contributed by atoms with Crippen LogP contribution < -0.4 is 10.6 Å². The molecule has 0 spiro atoms. The number of hydrogen-bond donors (Lipinski definition) is 2.